The Morgan fingerprint density at radius 3 is 2.44 bits per heavy atom. The number of nitrogens with one attached hydrogen (secondary N) is 1. The Kier molecular flexibility index (Phi) is 4.42. The van der Waals surface area contributed by atoms with E-state index in [2.05, 4.69) is 29.3 Å². The van der Waals surface area contributed by atoms with Gasteiger partial charge in [0.25, 0.3) is 0 Å². The molecule has 3 heterocycles. The average molecular weight is 371 g/mol. The Morgan fingerprint density at radius 1 is 1.15 bits per heavy atom. The molecular weight excluding hydrogens is 346 g/mol. The van der Waals surface area contributed by atoms with Gasteiger partial charge < -0.3 is 9.64 Å². The predicted octanol–water partition coefficient (Wildman–Crippen LogP) is 1.01. The van der Waals surface area contributed by atoms with Crippen molar-refractivity contribution < 1.29 is 19.1 Å². The number of hydrogen-bond donors (Lipinski definition) is 1. The molecule has 3 fully saturated rings. The first-order valence-corrected chi connectivity index (χ1v) is 9.45. The summed E-state index contributed by atoms with van der Waals surface area (Å²) in [5.74, 6) is -2.35. The number of imide groups is 1. The molecule has 0 unspecified atom stereocenters. The second kappa shape index (κ2) is 6.64. The van der Waals surface area contributed by atoms with Gasteiger partial charge in [0.15, 0.2) is 0 Å². The van der Waals surface area contributed by atoms with Crippen LogP contribution in [0.15, 0.2) is 18.2 Å². The molecular formula is C20H25N3O4. The van der Waals surface area contributed by atoms with Crippen LogP contribution in [0.5, 0.6) is 0 Å². The predicted molar refractivity (Wildman–Crippen MR) is 99.1 cm³/mol. The smallest absolute Gasteiger partial charge is 0.323 e. The highest BCUT2D eigenvalue weighted by Gasteiger charge is 2.60. The summed E-state index contributed by atoms with van der Waals surface area (Å²) >= 11 is 0. The van der Waals surface area contributed by atoms with Gasteiger partial charge >= 0.3 is 5.97 Å². The van der Waals surface area contributed by atoms with Crippen LogP contribution in [0.25, 0.3) is 0 Å². The maximum Gasteiger partial charge on any atom is 0.323 e. The van der Waals surface area contributed by atoms with Crippen LogP contribution >= 0.6 is 0 Å². The second-order valence-corrected chi connectivity index (χ2v) is 7.67. The molecule has 3 aliphatic rings. The number of fused-ring (bicyclic) bond motifs is 1. The van der Waals surface area contributed by atoms with E-state index < -0.39 is 23.8 Å². The van der Waals surface area contributed by atoms with Gasteiger partial charge in [-0.05, 0) is 37.0 Å². The highest BCUT2D eigenvalue weighted by Crippen LogP contribution is 2.44. The van der Waals surface area contributed by atoms with Gasteiger partial charge in [0, 0.05) is 31.9 Å². The van der Waals surface area contributed by atoms with Crippen molar-refractivity contribution in [2.75, 3.05) is 32.1 Å². The summed E-state index contributed by atoms with van der Waals surface area (Å²) in [7, 11) is 2.78. The minimum Gasteiger partial charge on any atom is -0.468 e. The third-order valence-corrected chi connectivity index (χ3v) is 6.18. The number of methoxy groups -OCH3 is 1. The summed E-state index contributed by atoms with van der Waals surface area (Å²) in [4.78, 5) is 41.0. The first-order valence-electron chi connectivity index (χ1n) is 9.45. The molecule has 1 aromatic rings. The third-order valence-electron chi connectivity index (χ3n) is 6.18. The van der Waals surface area contributed by atoms with Gasteiger partial charge in [0.1, 0.15) is 6.04 Å². The van der Waals surface area contributed by atoms with E-state index >= 15 is 0 Å². The highest BCUT2D eigenvalue weighted by atomic mass is 16.5. The molecule has 4 atom stereocenters. The topological polar surface area (TPSA) is 79.0 Å². The van der Waals surface area contributed by atoms with Crippen LogP contribution in [0.2, 0.25) is 0 Å². The van der Waals surface area contributed by atoms with E-state index in [1.54, 1.807) is 0 Å². The zero-order valence-corrected chi connectivity index (χ0v) is 15.9. The molecule has 7 heteroatoms. The molecule has 3 aliphatic heterocycles. The van der Waals surface area contributed by atoms with E-state index in [0.29, 0.717) is 0 Å². The average Bonchev–Trinajstić information content (AvgIpc) is 3.37. The maximum atomic E-state index is 12.7. The molecule has 2 amide bonds. The number of nitrogens with zero attached hydrogens (tertiary/aromatic N) is 2. The number of hydrogen-bond acceptors (Lipinski definition) is 6. The largest absolute Gasteiger partial charge is 0.468 e. The zero-order chi connectivity index (χ0) is 19.3. The molecule has 7 nitrogen and oxygen atoms in total. The number of likely N-dealkylation sites (tertiary alicyclic amines) is 1. The summed E-state index contributed by atoms with van der Waals surface area (Å²) in [6.45, 7) is 4.19. The third kappa shape index (κ3) is 2.72. The minimum absolute atomic E-state index is 0.241. The van der Waals surface area contributed by atoms with Crippen LogP contribution < -0.4 is 10.2 Å². The lowest BCUT2D eigenvalue weighted by Crippen LogP contribution is -2.42. The van der Waals surface area contributed by atoms with Gasteiger partial charge in [0.05, 0.1) is 18.9 Å². The molecule has 3 saturated heterocycles. The second-order valence-electron chi connectivity index (χ2n) is 7.67. The molecule has 27 heavy (non-hydrogen) atoms. The number of aryl methyl sites for hydroxylation is 1. The normalized spacial score (nSPS) is 30.2. The van der Waals surface area contributed by atoms with E-state index in [4.69, 9.17) is 4.74 Å². The van der Waals surface area contributed by atoms with Crippen molar-refractivity contribution in [1.29, 1.82) is 0 Å². The van der Waals surface area contributed by atoms with E-state index in [-0.39, 0.29) is 17.9 Å². The Balaban J connectivity index is 1.68. The first-order chi connectivity index (χ1) is 12.9. The number of carbonyl (C=O) groups excluding carboxylic acids is 3. The Labute approximate surface area is 158 Å². The number of amides is 2. The van der Waals surface area contributed by atoms with Gasteiger partial charge in [-0.15, -0.1) is 0 Å². The molecule has 0 bridgehead atoms. The van der Waals surface area contributed by atoms with Crippen molar-refractivity contribution in [2.45, 2.75) is 31.8 Å². The van der Waals surface area contributed by atoms with E-state index in [0.717, 1.165) is 29.1 Å². The summed E-state index contributed by atoms with van der Waals surface area (Å²) in [6.07, 6.45) is 2.41. The SMILES string of the molecule is COC(=O)[C@H]1N[C@@H](c2ccc(N3CCCC3)c(C)c2)[C@H]2C(=O)N(C)C(=O)[C@H]21. The van der Waals surface area contributed by atoms with Gasteiger partial charge in [-0.3, -0.25) is 24.6 Å². The lowest BCUT2D eigenvalue weighted by atomic mass is 9.86. The summed E-state index contributed by atoms with van der Waals surface area (Å²) in [5.41, 5.74) is 3.27. The summed E-state index contributed by atoms with van der Waals surface area (Å²) in [6, 6.07) is 4.98. The van der Waals surface area contributed by atoms with Crippen LogP contribution in [-0.4, -0.2) is 56.0 Å². The Morgan fingerprint density at radius 2 is 1.81 bits per heavy atom. The van der Waals surface area contributed by atoms with Crippen LogP contribution in [0.4, 0.5) is 5.69 Å². The van der Waals surface area contributed by atoms with Crippen molar-refractivity contribution in [3.63, 3.8) is 0 Å². The highest BCUT2D eigenvalue weighted by molar-refractivity contribution is 6.08. The quantitative estimate of drug-likeness (QED) is 0.631. The molecule has 0 aromatic heterocycles. The maximum absolute atomic E-state index is 12.7. The van der Waals surface area contributed by atoms with Gasteiger partial charge in [-0.1, -0.05) is 12.1 Å². The van der Waals surface area contributed by atoms with Crippen molar-refractivity contribution in [2.24, 2.45) is 11.8 Å². The lowest BCUT2D eigenvalue weighted by Gasteiger charge is -2.23. The monoisotopic (exact) mass is 371 g/mol. The summed E-state index contributed by atoms with van der Waals surface area (Å²) < 4.78 is 4.87. The van der Waals surface area contributed by atoms with Crippen molar-refractivity contribution in [1.82, 2.24) is 10.2 Å². The number of benzene rings is 1. The van der Waals surface area contributed by atoms with Gasteiger partial charge in [0.2, 0.25) is 11.8 Å². The van der Waals surface area contributed by atoms with E-state index in [9.17, 15) is 14.4 Å². The van der Waals surface area contributed by atoms with Crippen LogP contribution in [0.3, 0.4) is 0 Å². The zero-order valence-electron chi connectivity index (χ0n) is 15.9. The minimum atomic E-state index is -0.801. The number of rotatable bonds is 3. The lowest BCUT2D eigenvalue weighted by molar-refractivity contribution is -0.147. The Bertz CT molecular complexity index is 802. The number of esters is 1. The van der Waals surface area contributed by atoms with Crippen LogP contribution in [-0.2, 0) is 19.1 Å². The molecule has 0 spiro atoms. The van der Waals surface area contributed by atoms with Crippen molar-refractivity contribution in [3.05, 3.63) is 29.3 Å². The number of anilines is 1. The number of carbonyl (C=O) groups is 3. The van der Waals surface area contributed by atoms with Crippen molar-refractivity contribution in [3.8, 4) is 0 Å². The summed E-state index contributed by atoms with van der Waals surface area (Å²) in [5, 5.41) is 3.20. The standard InChI is InChI=1S/C20H25N3O4/c1-11-10-12(6-7-13(11)23-8-4-5-9-23)16-14-15(17(21-16)20(26)27-3)19(25)22(2)18(14)24/h6-7,10,14-17,21H,4-5,8-9H2,1-3H3/t14-,15+,16-,17-/m0/s1. The molecule has 0 radical (unpaired) electrons. The van der Waals surface area contributed by atoms with Gasteiger partial charge in [-0.2, -0.15) is 0 Å². The fourth-order valence-electron chi connectivity index (χ4n) is 4.79. The van der Waals surface area contributed by atoms with Crippen molar-refractivity contribution >= 4 is 23.5 Å². The molecule has 144 valence electrons. The molecule has 1 N–H and O–H groups in total. The molecule has 1 aromatic carbocycles. The number of ether oxygens (including phenoxy) is 1. The van der Waals surface area contributed by atoms with Crippen LogP contribution in [0.1, 0.15) is 30.0 Å². The molecule has 4 rings (SSSR count). The van der Waals surface area contributed by atoms with E-state index in [1.165, 1.54) is 32.7 Å². The van der Waals surface area contributed by atoms with Gasteiger partial charge in [-0.25, -0.2) is 0 Å². The Hall–Kier alpha value is -2.41. The molecule has 0 saturated carbocycles. The molecule has 0 aliphatic carbocycles. The van der Waals surface area contributed by atoms with Crippen LogP contribution in [0, 0.1) is 18.8 Å². The van der Waals surface area contributed by atoms with E-state index in [1.807, 2.05) is 6.07 Å². The first kappa shape index (κ1) is 18.0. The fraction of sp³-hybridized carbons (Fsp3) is 0.550. The fourth-order valence-corrected chi connectivity index (χ4v) is 4.79.